The largest absolute Gasteiger partial charge is 0.395 e. The van der Waals surface area contributed by atoms with E-state index in [1.807, 2.05) is 13.2 Å². The number of ether oxygens (including phenoxy) is 1. The number of rotatable bonds is 9. The summed E-state index contributed by atoms with van der Waals surface area (Å²) in [5.41, 5.74) is 0. The Kier molecular flexibility index (Phi) is 9.13. The van der Waals surface area contributed by atoms with E-state index in [1.54, 1.807) is 11.8 Å². The predicted molar refractivity (Wildman–Crippen MR) is 85.2 cm³/mol. The van der Waals surface area contributed by atoms with Gasteiger partial charge in [0.2, 0.25) is 0 Å². The van der Waals surface area contributed by atoms with Crippen LogP contribution in [0.2, 0.25) is 0 Å². The molecule has 5 atom stereocenters. The van der Waals surface area contributed by atoms with Crippen LogP contribution in [0, 0.1) is 5.92 Å². The van der Waals surface area contributed by atoms with Gasteiger partial charge < -0.3 is 20.3 Å². The molecule has 5 unspecified atom stereocenters. The molecule has 0 radical (unpaired) electrons. The summed E-state index contributed by atoms with van der Waals surface area (Å²) in [7, 11) is 0. The summed E-state index contributed by atoms with van der Waals surface area (Å²) < 4.78 is 5.86. The first-order valence-electron chi connectivity index (χ1n) is 7.75. The van der Waals surface area contributed by atoms with Gasteiger partial charge in [0.1, 0.15) is 0 Å². The smallest absolute Gasteiger partial charge is 0.0897 e. The lowest BCUT2D eigenvalue weighted by atomic mass is 9.88. The summed E-state index contributed by atoms with van der Waals surface area (Å²) in [5.74, 6) is 0.609. The van der Waals surface area contributed by atoms with Crippen LogP contribution in [-0.4, -0.2) is 59.7 Å². The fraction of sp³-hybridized carbons (Fsp3) is 1.00. The summed E-state index contributed by atoms with van der Waals surface area (Å²) >= 11 is 1.64. The monoisotopic (exact) mass is 305 g/mol. The van der Waals surface area contributed by atoms with Crippen LogP contribution in [0.5, 0.6) is 0 Å². The van der Waals surface area contributed by atoms with E-state index in [-0.39, 0.29) is 17.9 Å². The third kappa shape index (κ3) is 6.31. The van der Waals surface area contributed by atoms with Crippen molar-refractivity contribution < 1.29 is 14.9 Å². The molecule has 20 heavy (non-hydrogen) atoms. The van der Waals surface area contributed by atoms with Crippen LogP contribution in [0.1, 0.15) is 39.5 Å². The first kappa shape index (κ1) is 18.2. The van der Waals surface area contributed by atoms with E-state index in [4.69, 9.17) is 4.74 Å². The van der Waals surface area contributed by atoms with E-state index in [1.165, 1.54) is 19.3 Å². The quantitative estimate of drug-likeness (QED) is 0.604. The highest BCUT2D eigenvalue weighted by molar-refractivity contribution is 7.99. The second-order valence-electron chi connectivity index (χ2n) is 5.94. The second kappa shape index (κ2) is 10.0. The van der Waals surface area contributed by atoms with Crippen molar-refractivity contribution in [1.29, 1.82) is 0 Å². The molecule has 1 fully saturated rings. The molecule has 120 valence electrons. The van der Waals surface area contributed by atoms with Crippen LogP contribution in [0.25, 0.3) is 0 Å². The van der Waals surface area contributed by atoms with E-state index in [9.17, 15) is 10.2 Å². The Morgan fingerprint density at radius 3 is 2.65 bits per heavy atom. The molecule has 0 aromatic heterocycles. The molecule has 0 bridgehead atoms. The molecule has 3 N–H and O–H groups in total. The lowest BCUT2D eigenvalue weighted by Crippen LogP contribution is -2.43. The Morgan fingerprint density at radius 2 is 2.05 bits per heavy atom. The van der Waals surface area contributed by atoms with Gasteiger partial charge in [0, 0.05) is 17.8 Å². The van der Waals surface area contributed by atoms with Gasteiger partial charge in [-0.1, -0.05) is 19.8 Å². The lowest BCUT2D eigenvalue weighted by molar-refractivity contribution is -0.0455. The maximum absolute atomic E-state index is 9.99. The highest BCUT2D eigenvalue weighted by Crippen LogP contribution is 2.26. The van der Waals surface area contributed by atoms with Gasteiger partial charge in [-0.3, -0.25) is 0 Å². The Hall–Kier alpha value is 0.190. The number of aliphatic hydroxyl groups is 2. The number of hydrogen-bond donors (Lipinski definition) is 3. The average molecular weight is 305 g/mol. The van der Waals surface area contributed by atoms with Crippen molar-refractivity contribution in [3.63, 3.8) is 0 Å². The minimum Gasteiger partial charge on any atom is -0.395 e. The Morgan fingerprint density at radius 1 is 1.35 bits per heavy atom. The highest BCUT2D eigenvalue weighted by atomic mass is 32.2. The van der Waals surface area contributed by atoms with Gasteiger partial charge in [-0.25, -0.2) is 0 Å². The second-order valence-corrected chi connectivity index (χ2v) is 7.02. The molecule has 0 aromatic rings. The maximum Gasteiger partial charge on any atom is 0.0897 e. The fourth-order valence-corrected chi connectivity index (χ4v) is 3.37. The van der Waals surface area contributed by atoms with Gasteiger partial charge in [0.25, 0.3) is 0 Å². The summed E-state index contributed by atoms with van der Waals surface area (Å²) in [6, 6.07) is 0.179. The molecular weight excluding hydrogens is 274 g/mol. The SMILES string of the molecule is CSC(CO)C(C)NCC(O)COC1CCCCC1C. The Labute approximate surface area is 127 Å². The standard InChI is InChI=1S/C15H31NO3S/c1-11-6-4-5-7-14(11)19-10-13(18)8-16-12(2)15(9-17)20-3/h11-18H,4-10H2,1-3H3. The maximum atomic E-state index is 9.99. The zero-order valence-corrected chi connectivity index (χ0v) is 13.9. The van der Waals surface area contributed by atoms with Gasteiger partial charge in [-0.2, -0.15) is 11.8 Å². The molecule has 0 amide bonds. The molecule has 5 heteroatoms. The van der Waals surface area contributed by atoms with Crippen molar-refractivity contribution in [2.45, 2.75) is 63.0 Å². The highest BCUT2D eigenvalue weighted by Gasteiger charge is 2.23. The van der Waals surface area contributed by atoms with Crippen LogP contribution in [-0.2, 0) is 4.74 Å². The summed E-state index contributed by atoms with van der Waals surface area (Å²) in [4.78, 5) is 0. The van der Waals surface area contributed by atoms with Gasteiger partial charge in [0.15, 0.2) is 0 Å². The summed E-state index contributed by atoms with van der Waals surface area (Å²) in [6.45, 7) is 5.34. The van der Waals surface area contributed by atoms with Crippen molar-refractivity contribution in [1.82, 2.24) is 5.32 Å². The number of hydrogen-bond acceptors (Lipinski definition) is 5. The van der Waals surface area contributed by atoms with E-state index in [0.717, 1.165) is 6.42 Å². The molecule has 1 saturated carbocycles. The molecule has 1 rings (SSSR count). The minimum absolute atomic E-state index is 0.154. The van der Waals surface area contributed by atoms with Crippen molar-refractivity contribution >= 4 is 11.8 Å². The third-order valence-corrected chi connectivity index (χ3v) is 5.41. The summed E-state index contributed by atoms with van der Waals surface area (Å²) in [5, 5.41) is 22.6. The third-order valence-electron chi connectivity index (χ3n) is 4.25. The number of thioether (sulfide) groups is 1. The molecule has 0 spiro atoms. The topological polar surface area (TPSA) is 61.7 Å². The Balaban J connectivity index is 2.17. The van der Waals surface area contributed by atoms with E-state index in [2.05, 4.69) is 12.2 Å². The fourth-order valence-electron chi connectivity index (χ4n) is 2.71. The zero-order chi connectivity index (χ0) is 15.0. The van der Waals surface area contributed by atoms with E-state index < -0.39 is 6.10 Å². The molecule has 0 aromatic carbocycles. The molecule has 0 aliphatic heterocycles. The van der Waals surface area contributed by atoms with Gasteiger partial charge in [-0.05, 0) is 31.9 Å². The molecule has 4 nitrogen and oxygen atoms in total. The van der Waals surface area contributed by atoms with Gasteiger partial charge >= 0.3 is 0 Å². The van der Waals surface area contributed by atoms with Crippen LogP contribution in [0.15, 0.2) is 0 Å². The van der Waals surface area contributed by atoms with Crippen LogP contribution >= 0.6 is 11.8 Å². The first-order valence-corrected chi connectivity index (χ1v) is 9.04. The van der Waals surface area contributed by atoms with Crippen LogP contribution < -0.4 is 5.32 Å². The molecule has 1 aliphatic rings. The molecule has 1 aliphatic carbocycles. The minimum atomic E-state index is -0.479. The van der Waals surface area contributed by atoms with Crippen molar-refractivity contribution in [2.24, 2.45) is 5.92 Å². The first-order chi connectivity index (χ1) is 9.58. The summed E-state index contributed by atoms with van der Waals surface area (Å²) in [6.07, 6.45) is 6.73. The zero-order valence-electron chi connectivity index (χ0n) is 13.0. The van der Waals surface area contributed by atoms with E-state index >= 15 is 0 Å². The normalized spacial score (nSPS) is 28.1. The number of aliphatic hydroxyl groups excluding tert-OH is 2. The van der Waals surface area contributed by atoms with Crippen molar-refractivity contribution in [3.05, 3.63) is 0 Å². The lowest BCUT2D eigenvalue weighted by Gasteiger charge is -2.30. The van der Waals surface area contributed by atoms with Crippen LogP contribution in [0.4, 0.5) is 0 Å². The Bertz CT molecular complexity index is 251. The van der Waals surface area contributed by atoms with Crippen molar-refractivity contribution in [3.8, 4) is 0 Å². The van der Waals surface area contributed by atoms with E-state index in [0.29, 0.717) is 25.2 Å². The van der Waals surface area contributed by atoms with Gasteiger partial charge in [0.05, 0.1) is 25.4 Å². The van der Waals surface area contributed by atoms with Crippen LogP contribution in [0.3, 0.4) is 0 Å². The molecular formula is C15H31NO3S. The molecule has 0 heterocycles. The number of nitrogens with one attached hydrogen (secondary N) is 1. The van der Waals surface area contributed by atoms with Crippen molar-refractivity contribution in [2.75, 3.05) is 26.0 Å². The van der Waals surface area contributed by atoms with Gasteiger partial charge in [-0.15, -0.1) is 0 Å². The predicted octanol–water partition coefficient (Wildman–Crippen LogP) is 1.64. The molecule has 0 saturated heterocycles. The average Bonchev–Trinajstić information content (AvgIpc) is 2.45.